The second kappa shape index (κ2) is 14.8. The van der Waals surface area contributed by atoms with E-state index >= 15 is 0 Å². The van der Waals surface area contributed by atoms with Crippen LogP contribution in [0.2, 0.25) is 5.02 Å². The van der Waals surface area contributed by atoms with E-state index in [1.807, 2.05) is 37.0 Å². The first-order chi connectivity index (χ1) is 20.6. The van der Waals surface area contributed by atoms with Gasteiger partial charge in [-0.3, -0.25) is 24.0 Å². The summed E-state index contributed by atoms with van der Waals surface area (Å²) in [6.45, 7) is 4.59. The number of Topliss-reactive ketones (excluding diaryl/α,β-unsaturated/α-hetero) is 1. The standard InChI is InChI=1S/C32H38ClN5O5/c1-21(2)32(43)37-18-19-38(23-16-14-22(33)15-17-23)27(20-37)30(41)36-26-12-6-4-3-5-7-13-28(39)34-24-10-8-9-11-25(24)35-31(42)29(26)40/h4,6,8-11,14-17,21,26-27H,3,5,7,12-13,18-20H2,1-2H3,(H,34,39)(H,35,42)(H,36,41)/b6-4+/t26-,27-/m1/s1. The van der Waals surface area contributed by atoms with Crippen molar-refractivity contribution in [3.63, 3.8) is 0 Å². The number of nitrogens with zero attached hydrogens (tertiary/aromatic N) is 2. The number of carbonyl (C=O) groups is 5. The average molecular weight is 608 g/mol. The molecule has 228 valence electrons. The molecule has 0 unspecified atom stereocenters. The van der Waals surface area contributed by atoms with Crippen LogP contribution in [0.1, 0.15) is 46.0 Å². The summed E-state index contributed by atoms with van der Waals surface area (Å²) in [5.74, 6) is -2.69. The molecule has 1 saturated heterocycles. The number of halogens is 1. The Morgan fingerprint density at radius 2 is 1.63 bits per heavy atom. The molecule has 2 aromatic rings. The van der Waals surface area contributed by atoms with E-state index in [1.54, 1.807) is 47.4 Å². The number of amides is 4. The van der Waals surface area contributed by atoms with Crippen LogP contribution in [0.25, 0.3) is 0 Å². The highest BCUT2D eigenvalue weighted by atomic mass is 35.5. The van der Waals surface area contributed by atoms with Crippen molar-refractivity contribution in [3.05, 3.63) is 65.7 Å². The molecule has 4 amide bonds. The zero-order chi connectivity index (χ0) is 30.9. The molecule has 0 aromatic heterocycles. The number of hydrogen-bond donors (Lipinski definition) is 3. The molecule has 3 N–H and O–H groups in total. The number of carbonyl (C=O) groups excluding carboxylic acids is 5. The quantitative estimate of drug-likeness (QED) is 0.354. The van der Waals surface area contributed by atoms with E-state index in [2.05, 4.69) is 16.0 Å². The van der Waals surface area contributed by atoms with Gasteiger partial charge in [-0.05, 0) is 62.1 Å². The van der Waals surface area contributed by atoms with E-state index in [0.717, 1.165) is 12.1 Å². The van der Waals surface area contributed by atoms with Crippen LogP contribution in [0, 0.1) is 5.92 Å². The summed E-state index contributed by atoms with van der Waals surface area (Å²) in [4.78, 5) is 69.4. The van der Waals surface area contributed by atoms with Crippen LogP contribution in [-0.2, 0) is 24.0 Å². The Bertz CT molecular complexity index is 1380. The number of benzene rings is 2. The third kappa shape index (κ3) is 8.44. The maximum absolute atomic E-state index is 13.9. The van der Waals surface area contributed by atoms with Crippen molar-refractivity contribution in [3.8, 4) is 0 Å². The zero-order valence-corrected chi connectivity index (χ0v) is 25.2. The molecule has 0 radical (unpaired) electrons. The topological polar surface area (TPSA) is 128 Å². The summed E-state index contributed by atoms with van der Waals surface area (Å²) < 4.78 is 0. The van der Waals surface area contributed by atoms with Crippen LogP contribution in [-0.4, -0.2) is 66.0 Å². The maximum Gasteiger partial charge on any atom is 0.294 e. The van der Waals surface area contributed by atoms with E-state index in [9.17, 15) is 24.0 Å². The van der Waals surface area contributed by atoms with Gasteiger partial charge in [0.05, 0.1) is 17.9 Å². The minimum Gasteiger partial charge on any atom is -0.356 e. The predicted octanol–water partition coefficient (Wildman–Crippen LogP) is 4.16. The van der Waals surface area contributed by atoms with Crippen molar-refractivity contribution < 1.29 is 24.0 Å². The average Bonchev–Trinajstić information content (AvgIpc) is 3.00. The van der Waals surface area contributed by atoms with Gasteiger partial charge in [0.25, 0.3) is 5.91 Å². The first kappa shape index (κ1) is 31.7. The molecule has 2 atom stereocenters. The van der Waals surface area contributed by atoms with Crippen molar-refractivity contribution in [2.24, 2.45) is 5.92 Å². The van der Waals surface area contributed by atoms with Crippen molar-refractivity contribution in [2.45, 2.75) is 58.0 Å². The van der Waals surface area contributed by atoms with E-state index in [1.165, 1.54) is 0 Å². The van der Waals surface area contributed by atoms with Crippen LogP contribution in [0.5, 0.6) is 0 Å². The minimum absolute atomic E-state index is 0.0633. The summed E-state index contributed by atoms with van der Waals surface area (Å²) in [6.07, 6.45) is 6.23. The molecular weight excluding hydrogens is 570 g/mol. The Kier molecular flexibility index (Phi) is 10.9. The molecule has 43 heavy (non-hydrogen) atoms. The highest BCUT2D eigenvalue weighted by Gasteiger charge is 2.37. The molecule has 1 fully saturated rings. The number of hydrogen-bond acceptors (Lipinski definition) is 6. The van der Waals surface area contributed by atoms with Crippen LogP contribution in [0.3, 0.4) is 0 Å². The lowest BCUT2D eigenvalue weighted by Gasteiger charge is -2.42. The van der Waals surface area contributed by atoms with Gasteiger partial charge in [-0.2, -0.15) is 0 Å². The number of rotatable bonds is 4. The SMILES string of the molecule is CC(C)C(=O)N1CCN(c2ccc(Cl)cc2)[C@@H](C(=O)N[C@@H]2C/C=C/CCCCC(=O)Nc3ccccc3NC(=O)C2=O)C1. The largest absolute Gasteiger partial charge is 0.356 e. The van der Waals surface area contributed by atoms with Gasteiger partial charge in [-0.15, -0.1) is 0 Å². The number of piperazine rings is 1. The first-order valence-corrected chi connectivity index (χ1v) is 15.0. The van der Waals surface area contributed by atoms with Crippen molar-refractivity contribution in [1.29, 1.82) is 0 Å². The van der Waals surface area contributed by atoms with Gasteiger partial charge in [-0.25, -0.2) is 0 Å². The summed E-state index contributed by atoms with van der Waals surface area (Å²) in [5, 5.41) is 8.77. The first-order valence-electron chi connectivity index (χ1n) is 14.6. The fourth-order valence-corrected chi connectivity index (χ4v) is 5.29. The number of fused-ring (bicyclic) bond motifs is 1. The Balaban J connectivity index is 1.59. The molecular formula is C32H38ClN5O5. The monoisotopic (exact) mass is 607 g/mol. The number of para-hydroxylation sites is 2. The lowest BCUT2D eigenvalue weighted by Crippen LogP contribution is -2.62. The third-order valence-electron chi connectivity index (χ3n) is 7.52. The van der Waals surface area contributed by atoms with Gasteiger partial charge in [0.1, 0.15) is 12.1 Å². The van der Waals surface area contributed by atoms with Crippen molar-refractivity contribution in [2.75, 3.05) is 35.2 Å². The van der Waals surface area contributed by atoms with E-state index in [4.69, 9.17) is 11.6 Å². The molecule has 0 saturated carbocycles. The van der Waals surface area contributed by atoms with Crippen LogP contribution in [0.15, 0.2) is 60.7 Å². The molecule has 2 aliphatic heterocycles. The summed E-state index contributed by atoms with van der Waals surface area (Å²) in [5.41, 5.74) is 1.43. The number of allylic oxidation sites excluding steroid dienone is 1. The minimum atomic E-state index is -1.14. The van der Waals surface area contributed by atoms with Gasteiger partial charge < -0.3 is 25.8 Å². The van der Waals surface area contributed by atoms with Crippen molar-refractivity contribution >= 4 is 58.1 Å². The second-order valence-corrected chi connectivity index (χ2v) is 11.5. The van der Waals surface area contributed by atoms with Crippen molar-refractivity contribution in [1.82, 2.24) is 10.2 Å². The fraction of sp³-hybridized carbons (Fsp3) is 0.406. The van der Waals surface area contributed by atoms with Crippen LogP contribution < -0.4 is 20.9 Å². The Labute approximate surface area is 256 Å². The van der Waals surface area contributed by atoms with Gasteiger partial charge >= 0.3 is 0 Å². The summed E-state index contributed by atoms with van der Waals surface area (Å²) >= 11 is 6.10. The fourth-order valence-electron chi connectivity index (χ4n) is 5.17. The van der Waals surface area contributed by atoms with Gasteiger partial charge in [0.15, 0.2) is 0 Å². The summed E-state index contributed by atoms with van der Waals surface area (Å²) in [6, 6.07) is 11.8. The number of anilines is 3. The normalized spacial score (nSPS) is 21.2. The van der Waals surface area contributed by atoms with E-state index < -0.39 is 29.7 Å². The molecule has 0 bridgehead atoms. The third-order valence-corrected chi connectivity index (χ3v) is 7.77. The lowest BCUT2D eigenvalue weighted by atomic mass is 10.0. The maximum atomic E-state index is 13.9. The van der Waals surface area contributed by atoms with Crippen LogP contribution >= 0.6 is 11.6 Å². The molecule has 0 aliphatic carbocycles. The lowest BCUT2D eigenvalue weighted by molar-refractivity contribution is -0.138. The Morgan fingerprint density at radius 3 is 2.33 bits per heavy atom. The van der Waals surface area contributed by atoms with Gasteiger partial charge in [-0.1, -0.05) is 49.7 Å². The second-order valence-electron chi connectivity index (χ2n) is 11.1. The molecule has 2 aromatic carbocycles. The highest BCUT2D eigenvalue weighted by Crippen LogP contribution is 2.25. The number of ketones is 1. The predicted molar refractivity (Wildman–Crippen MR) is 167 cm³/mol. The van der Waals surface area contributed by atoms with E-state index in [-0.39, 0.29) is 36.4 Å². The summed E-state index contributed by atoms with van der Waals surface area (Å²) in [7, 11) is 0. The van der Waals surface area contributed by atoms with Crippen LogP contribution in [0.4, 0.5) is 17.1 Å². The molecule has 2 heterocycles. The molecule has 2 aliphatic rings. The Morgan fingerprint density at radius 1 is 0.930 bits per heavy atom. The molecule has 11 heteroatoms. The Hall–Kier alpha value is -4.18. The highest BCUT2D eigenvalue weighted by molar-refractivity contribution is 6.43. The van der Waals surface area contributed by atoms with E-state index in [0.29, 0.717) is 43.1 Å². The van der Waals surface area contributed by atoms with Gasteiger partial charge in [0.2, 0.25) is 23.5 Å². The zero-order valence-electron chi connectivity index (χ0n) is 24.5. The molecule has 0 spiro atoms. The van der Waals surface area contributed by atoms with Gasteiger partial charge in [0, 0.05) is 36.1 Å². The smallest absolute Gasteiger partial charge is 0.294 e. The molecule has 4 rings (SSSR count). The molecule has 10 nitrogen and oxygen atoms in total. The number of nitrogens with one attached hydrogen (secondary N) is 3.